The highest BCUT2D eigenvalue weighted by Crippen LogP contribution is 2.41. The highest BCUT2D eigenvalue weighted by Gasteiger charge is 2.33. The average Bonchev–Trinajstić information content (AvgIpc) is 2.35. The van der Waals surface area contributed by atoms with Crippen LogP contribution in [0.5, 0.6) is 11.5 Å². The van der Waals surface area contributed by atoms with Gasteiger partial charge in [-0.25, -0.2) is 0 Å². The summed E-state index contributed by atoms with van der Waals surface area (Å²) in [5, 5.41) is 0. The SMILES string of the molecule is COc1cccc(OC2CC(C)CC(C)(C)C2)c1C(C)=O. The Morgan fingerprint density at radius 1 is 1.24 bits per heavy atom. The summed E-state index contributed by atoms with van der Waals surface area (Å²) < 4.78 is 11.5. The molecule has 1 aromatic carbocycles. The molecule has 1 aliphatic carbocycles. The van der Waals surface area contributed by atoms with E-state index in [0.717, 1.165) is 12.8 Å². The number of ether oxygens (including phenoxy) is 2. The zero-order valence-corrected chi connectivity index (χ0v) is 13.7. The minimum absolute atomic E-state index is 0.0226. The summed E-state index contributed by atoms with van der Waals surface area (Å²) in [6.07, 6.45) is 3.45. The highest BCUT2D eigenvalue weighted by molar-refractivity contribution is 5.99. The van der Waals surface area contributed by atoms with Crippen LogP contribution in [0, 0.1) is 11.3 Å². The molecule has 0 spiro atoms. The van der Waals surface area contributed by atoms with E-state index in [0.29, 0.717) is 23.0 Å². The van der Waals surface area contributed by atoms with Gasteiger partial charge in [-0.3, -0.25) is 4.79 Å². The maximum absolute atomic E-state index is 11.9. The predicted molar refractivity (Wildman–Crippen MR) is 84.2 cm³/mol. The van der Waals surface area contributed by atoms with Gasteiger partial charge in [0.15, 0.2) is 5.78 Å². The number of hydrogen-bond acceptors (Lipinski definition) is 3. The highest BCUT2D eigenvalue weighted by atomic mass is 16.5. The van der Waals surface area contributed by atoms with E-state index < -0.39 is 0 Å². The number of carbonyl (C=O) groups excluding carboxylic acids is 1. The van der Waals surface area contributed by atoms with E-state index in [4.69, 9.17) is 9.47 Å². The Balaban J connectivity index is 2.25. The van der Waals surface area contributed by atoms with Crippen LogP contribution < -0.4 is 9.47 Å². The van der Waals surface area contributed by atoms with Crippen LogP contribution in [0.4, 0.5) is 0 Å². The molecule has 1 saturated carbocycles. The normalized spacial score (nSPS) is 24.4. The molecule has 21 heavy (non-hydrogen) atoms. The van der Waals surface area contributed by atoms with Crippen LogP contribution in [0.25, 0.3) is 0 Å². The van der Waals surface area contributed by atoms with E-state index in [1.807, 2.05) is 12.1 Å². The molecule has 0 amide bonds. The standard InChI is InChI=1S/C18H26O3/c1-12-9-14(11-18(3,4)10-12)21-16-8-6-7-15(20-5)17(16)13(2)19/h6-8,12,14H,9-11H2,1-5H3. The molecule has 116 valence electrons. The fourth-order valence-corrected chi connectivity index (χ4v) is 3.65. The van der Waals surface area contributed by atoms with Crippen LogP contribution >= 0.6 is 0 Å². The number of rotatable bonds is 4. The molecule has 3 nitrogen and oxygen atoms in total. The van der Waals surface area contributed by atoms with Crippen LogP contribution in [0.1, 0.15) is 57.3 Å². The van der Waals surface area contributed by atoms with Crippen molar-refractivity contribution < 1.29 is 14.3 Å². The van der Waals surface area contributed by atoms with Gasteiger partial charge >= 0.3 is 0 Å². The zero-order valence-electron chi connectivity index (χ0n) is 13.7. The summed E-state index contributed by atoms with van der Waals surface area (Å²) in [6, 6.07) is 5.54. The number of methoxy groups -OCH3 is 1. The molecule has 0 saturated heterocycles. The first-order valence-electron chi connectivity index (χ1n) is 7.67. The third-order valence-corrected chi connectivity index (χ3v) is 4.20. The van der Waals surface area contributed by atoms with Crippen molar-refractivity contribution in [2.45, 2.75) is 53.1 Å². The Bertz CT molecular complexity index is 519. The molecular formula is C18H26O3. The smallest absolute Gasteiger partial charge is 0.167 e. The van der Waals surface area contributed by atoms with Gasteiger partial charge in [0.25, 0.3) is 0 Å². The summed E-state index contributed by atoms with van der Waals surface area (Å²) >= 11 is 0. The van der Waals surface area contributed by atoms with Crippen molar-refractivity contribution in [3.05, 3.63) is 23.8 Å². The Morgan fingerprint density at radius 2 is 1.90 bits per heavy atom. The van der Waals surface area contributed by atoms with Crippen LogP contribution in [0.15, 0.2) is 18.2 Å². The van der Waals surface area contributed by atoms with Crippen molar-refractivity contribution in [2.75, 3.05) is 7.11 Å². The molecule has 0 heterocycles. The molecule has 0 aliphatic heterocycles. The largest absolute Gasteiger partial charge is 0.496 e. The minimum Gasteiger partial charge on any atom is -0.496 e. The third-order valence-electron chi connectivity index (χ3n) is 4.20. The van der Waals surface area contributed by atoms with E-state index >= 15 is 0 Å². The van der Waals surface area contributed by atoms with E-state index in [-0.39, 0.29) is 17.3 Å². The van der Waals surface area contributed by atoms with Gasteiger partial charge in [-0.05, 0) is 49.7 Å². The number of Topliss-reactive ketones (excluding diaryl/α,β-unsaturated/α-hetero) is 1. The molecule has 2 atom stereocenters. The molecule has 1 aromatic rings. The second-order valence-electron chi connectivity index (χ2n) is 7.04. The van der Waals surface area contributed by atoms with Crippen molar-refractivity contribution >= 4 is 5.78 Å². The van der Waals surface area contributed by atoms with Gasteiger partial charge in [0.1, 0.15) is 17.1 Å². The predicted octanol–water partition coefficient (Wildman–Crippen LogP) is 4.49. The maximum atomic E-state index is 11.9. The lowest BCUT2D eigenvalue weighted by Crippen LogP contribution is -2.34. The van der Waals surface area contributed by atoms with Crippen molar-refractivity contribution in [3.8, 4) is 11.5 Å². The fraction of sp³-hybridized carbons (Fsp3) is 0.611. The summed E-state index contributed by atoms with van der Waals surface area (Å²) in [5.74, 6) is 1.86. The van der Waals surface area contributed by atoms with Crippen LogP contribution in [-0.4, -0.2) is 19.0 Å². The van der Waals surface area contributed by atoms with Crippen molar-refractivity contribution in [1.29, 1.82) is 0 Å². The lowest BCUT2D eigenvalue weighted by atomic mass is 9.71. The lowest BCUT2D eigenvalue weighted by molar-refractivity contribution is 0.0553. The summed E-state index contributed by atoms with van der Waals surface area (Å²) in [4.78, 5) is 11.9. The summed E-state index contributed by atoms with van der Waals surface area (Å²) in [5.41, 5.74) is 0.841. The third kappa shape index (κ3) is 3.78. The van der Waals surface area contributed by atoms with E-state index in [1.165, 1.54) is 6.42 Å². The number of carbonyl (C=O) groups is 1. The van der Waals surface area contributed by atoms with Crippen LogP contribution in [0.3, 0.4) is 0 Å². The monoisotopic (exact) mass is 290 g/mol. The lowest BCUT2D eigenvalue weighted by Gasteiger charge is -2.39. The summed E-state index contributed by atoms with van der Waals surface area (Å²) in [7, 11) is 1.58. The molecule has 2 unspecified atom stereocenters. The first kappa shape index (κ1) is 15.9. The Morgan fingerprint density at radius 3 is 2.48 bits per heavy atom. The van der Waals surface area contributed by atoms with E-state index in [2.05, 4.69) is 20.8 Å². The Labute approximate surface area is 127 Å². The van der Waals surface area contributed by atoms with E-state index in [9.17, 15) is 4.79 Å². The summed E-state index contributed by atoms with van der Waals surface area (Å²) in [6.45, 7) is 8.40. The zero-order chi connectivity index (χ0) is 15.6. The Kier molecular flexibility index (Phi) is 4.60. The van der Waals surface area contributed by atoms with Gasteiger partial charge in [0.05, 0.1) is 13.2 Å². The van der Waals surface area contributed by atoms with E-state index in [1.54, 1.807) is 20.1 Å². The first-order chi connectivity index (χ1) is 9.82. The molecule has 0 N–H and O–H groups in total. The van der Waals surface area contributed by atoms with Gasteiger partial charge in [0.2, 0.25) is 0 Å². The minimum atomic E-state index is -0.0226. The van der Waals surface area contributed by atoms with Crippen molar-refractivity contribution in [1.82, 2.24) is 0 Å². The maximum Gasteiger partial charge on any atom is 0.167 e. The van der Waals surface area contributed by atoms with Gasteiger partial charge in [-0.2, -0.15) is 0 Å². The molecule has 1 fully saturated rings. The van der Waals surface area contributed by atoms with Crippen LogP contribution in [-0.2, 0) is 0 Å². The average molecular weight is 290 g/mol. The Hall–Kier alpha value is -1.51. The quantitative estimate of drug-likeness (QED) is 0.766. The number of ketones is 1. The molecule has 3 heteroatoms. The molecule has 0 aromatic heterocycles. The molecule has 0 radical (unpaired) electrons. The van der Waals surface area contributed by atoms with Crippen LogP contribution in [0.2, 0.25) is 0 Å². The van der Waals surface area contributed by atoms with Crippen molar-refractivity contribution in [3.63, 3.8) is 0 Å². The molecule has 1 aliphatic rings. The molecule has 2 rings (SSSR count). The fourth-order valence-electron chi connectivity index (χ4n) is 3.65. The van der Waals surface area contributed by atoms with Gasteiger partial charge < -0.3 is 9.47 Å². The topological polar surface area (TPSA) is 35.5 Å². The van der Waals surface area contributed by atoms with Gasteiger partial charge in [0, 0.05) is 0 Å². The molecule has 0 bridgehead atoms. The van der Waals surface area contributed by atoms with Crippen molar-refractivity contribution in [2.24, 2.45) is 11.3 Å². The second-order valence-corrected chi connectivity index (χ2v) is 7.04. The van der Waals surface area contributed by atoms with Gasteiger partial charge in [-0.15, -0.1) is 0 Å². The second kappa shape index (κ2) is 6.08. The number of benzene rings is 1. The number of hydrogen-bond donors (Lipinski definition) is 0. The molecular weight excluding hydrogens is 264 g/mol. The van der Waals surface area contributed by atoms with Gasteiger partial charge in [-0.1, -0.05) is 26.8 Å². The first-order valence-corrected chi connectivity index (χ1v) is 7.67.